The second kappa shape index (κ2) is 6.31. The Labute approximate surface area is 152 Å². The normalized spacial score (nSPS) is 14.4. The van der Waals surface area contributed by atoms with Gasteiger partial charge >= 0.3 is 0 Å². The number of aromatic nitrogens is 2. The molecule has 0 bridgehead atoms. The van der Waals surface area contributed by atoms with Gasteiger partial charge in [0.1, 0.15) is 11.2 Å². The number of rotatable bonds is 2. The maximum atomic E-state index is 12.8. The molecule has 0 aliphatic heterocycles. The second-order valence-electron chi connectivity index (χ2n) is 5.70. The van der Waals surface area contributed by atoms with Crippen LogP contribution >= 0.6 is 34.5 Å². The first-order valence-corrected chi connectivity index (χ1v) is 9.22. The molecule has 0 saturated heterocycles. The summed E-state index contributed by atoms with van der Waals surface area (Å²) in [7, 11) is 0. The van der Waals surface area contributed by atoms with Crippen LogP contribution in [0.3, 0.4) is 0 Å². The maximum Gasteiger partial charge on any atom is 0.282 e. The Morgan fingerprint density at radius 2 is 2.08 bits per heavy atom. The van der Waals surface area contributed by atoms with Gasteiger partial charge in [-0.05, 0) is 43.4 Å². The molecule has 24 heavy (non-hydrogen) atoms. The van der Waals surface area contributed by atoms with Gasteiger partial charge in [0.15, 0.2) is 0 Å². The molecular weight excluding hydrogens is 365 g/mol. The largest absolute Gasteiger partial charge is 0.282 e. The van der Waals surface area contributed by atoms with Gasteiger partial charge in [0.05, 0.1) is 16.6 Å². The number of thiophene rings is 1. The minimum absolute atomic E-state index is 0.124. The Kier molecular flexibility index (Phi) is 4.16. The van der Waals surface area contributed by atoms with E-state index in [1.807, 2.05) is 0 Å². The minimum Gasteiger partial charge on any atom is -0.267 e. The van der Waals surface area contributed by atoms with Crippen molar-refractivity contribution in [3.63, 3.8) is 0 Å². The van der Waals surface area contributed by atoms with E-state index in [1.54, 1.807) is 35.8 Å². The predicted molar refractivity (Wildman–Crippen MR) is 100.0 cm³/mol. The van der Waals surface area contributed by atoms with Crippen molar-refractivity contribution in [2.75, 3.05) is 0 Å². The lowest BCUT2D eigenvalue weighted by atomic mass is 9.97. The van der Waals surface area contributed by atoms with Gasteiger partial charge in [0.2, 0.25) is 0 Å². The topological polar surface area (TPSA) is 47.2 Å². The molecule has 7 heteroatoms. The van der Waals surface area contributed by atoms with E-state index >= 15 is 0 Å². The van der Waals surface area contributed by atoms with Crippen molar-refractivity contribution in [1.82, 2.24) is 9.66 Å². The summed E-state index contributed by atoms with van der Waals surface area (Å²) in [6.45, 7) is 0. The zero-order chi connectivity index (χ0) is 16.7. The van der Waals surface area contributed by atoms with E-state index in [0.717, 1.165) is 35.0 Å². The quantitative estimate of drug-likeness (QED) is 0.616. The number of nitrogens with zero attached hydrogens (tertiary/aromatic N) is 3. The van der Waals surface area contributed by atoms with Crippen molar-refractivity contribution in [3.05, 3.63) is 60.9 Å². The van der Waals surface area contributed by atoms with E-state index in [9.17, 15) is 4.79 Å². The van der Waals surface area contributed by atoms with Gasteiger partial charge in [0.25, 0.3) is 5.56 Å². The van der Waals surface area contributed by atoms with Gasteiger partial charge in [-0.2, -0.15) is 9.78 Å². The van der Waals surface area contributed by atoms with Gasteiger partial charge in [-0.25, -0.2) is 4.98 Å². The fraction of sp³-hybridized carbons (Fsp3) is 0.235. The van der Waals surface area contributed by atoms with E-state index in [-0.39, 0.29) is 5.56 Å². The summed E-state index contributed by atoms with van der Waals surface area (Å²) in [5.41, 5.74) is 1.73. The molecule has 0 spiro atoms. The third-order valence-electron chi connectivity index (χ3n) is 4.14. The molecule has 2 aromatic heterocycles. The lowest BCUT2D eigenvalue weighted by Gasteiger charge is -2.09. The fourth-order valence-corrected chi connectivity index (χ4v) is 4.63. The van der Waals surface area contributed by atoms with Gasteiger partial charge < -0.3 is 0 Å². The van der Waals surface area contributed by atoms with Crippen LogP contribution in [0.2, 0.25) is 10.0 Å². The summed E-state index contributed by atoms with van der Waals surface area (Å²) in [5, 5.41) is 6.00. The summed E-state index contributed by atoms with van der Waals surface area (Å²) in [4.78, 5) is 19.3. The highest BCUT2D eigenvalue weighted by Gasteiger charge is 2.19. The molecule has 2 heterocycles. The summed E-state index contributed by atoms with van der Waals surface area (Å²) >= 11 is 13.6. The van der Waals surface area contributed by atoms with Crippen LogP contribution in [0.1, 0.15) is 28.8 Å². The number of halogens is 2. The smallest absolute Gasteiger partial charge is 0.267 e. The minimum atomic E-state index is -0.124. The van der Waals surface area contributed by atoms with Crippen molar-refractivity contribution >= 4 is 51.0 Å². The van der Waals surface area contributed by atoms with Crippen molar-refractivity contribution in [3.8, 4) is 0 Å². The first kappa shape index (κ1) is 15.8. The highest BCUT2D eigenvalue weighted by atomic mass is 35.5. The van der Waals surface area contributed by atoms with Crippen LogP contribution in [0, 0.1) is 0 Å². The molecule has 0 fully saturated rings. The monoisotopic (exact) mass is 377 g/mol. The summed E-state index contributed by atoms with van der Waals surface area (Å²) in [6, 6.07) is 5.13. The molecule has 0 radical (unpaired) electrons. The average molecular weight is 378 g/mol. The molecule has 3 aromatic rings. The van der Waals surface area contributed by atoms with Crippen molar-refractivity contribution in [1.29, 1.82) is 0 Å². The lowest BCUT2D eigenvalue weighted by Crippen LogP contribution is -2.18. The Hall–Kier alpha value is -1.69. The van der Waals surface area contributed by atoms with Crippen LogP contribution in [-0.4, -0.2) is 15.9 Å². The third-order valence-corrected chi connectivity index (χ3v) is 5.90. The zero-order valence-electron chi connectivity index (χ0n) is 12.6. The number of fused-ring (bicyclic) bond motifs is 3. The first-order chi connectivity index (χ1) is 11.6. The molecule has 0 unspecified atom stereocenters. The van der Waals surface area contributed by atoms with E-state index in [1.165, 1.54) is 22.3 Å². The Bertz CT molecular complexity index is 1020. The van der Waals surface area contributed by atoms with E-state index in [0.29, 0.717) is 15.6 Å². The van der Waals surface area contributed by atoms with Crippen molar-refractivity contribution < 1.29 is 0 Å². The molecule has 1 aliphatic rings. The standard InChI is InChI=1S/C17H13Cl2N3OS/c18-11-6-5-10(13(19)7-11)8-21-22-9-20-16-15(17(22)23)12-3-1-2-4-14(12)24-16/h5-9H,1-4H2/b21-8-. The highest BCUT2D eigenvalue weighted by Crippen LogP contribution is 2.33. The Morgan fingerprint density at radius 3 is 2.92 bits per heavy atom. The summed E-state index contributed by atoms with van der Waals surface area (Å²) in [6.07, 6.45) is 7.31. The van der Waals surface area contributed by atoms with Crippen LogP contribution in [0.25, 0.3) is 10.2 Å². The first-order valence-electron chi connectivity index (χ1n) is 7.65. The molecule has 0 N–H and O–H groups in total. The van der Waals surface area contributed by atoms with Crippen molar-refractivity contribution in [2.24, 2.45) is 5.10 Å². The predicted octanol–water partition coefficient (Wildman–Crippen LogP) is 4.53. The van der Waals surface area contributed by atoms with Crippen LogP contribution in [0.15, 0.2) is 34.4 Å². The second-order valence-corrected chi connectivity index (χ2v) is 7.62. The van der Waals surface area contributed by atoms with E-state index < -0.39 is 0 Å². The zero-order valence-corrected chi connectivity index (χ0v) is 15.0. The van der Waals surface area contributed by atoms with Crippen LogP contribution < -0.4 is 5.56 Å². The van der Waals surface area contributed by atoms with Gasteiger partial charge in [-0.1, -0.05) is 29.3 Å². The lowest BCUT2D eigenvalue weighted by molar-refractivity contribution is 0.699. The SMILES string of the molecule is O=c1c2c3c(sc2ncn1/N=C\c1ccc(Cl)cc1Cl)CCCC3. The van der Waals surface area contributed by atoms with Gasteiger partial charge in [-0.15, -0.1) is 11.3 Å². The molecule has 0 atom stereocenters. The number of hydrogen-bond acceptors (Lipinski definition) is 4. The molecule has 0 saturated carbocycles. The summed E-state index contributed by atoms with van der Waals surface area (Å²) < 4.78 is 1.27. The number of hydrogen-bond donors (Lipinski definition) is 0. The average Bonchev–Trinajstić information content (AvgIpc) is 2.95. The van der Waals surface area contributed by atoms with E-state index in [2.05, 4.69) is 10.1 Å². The Morgan fingerprint density at radius 1 is 1.25 bits per heavy atom. The number of benzene rings is 1. The van der Waals surface area contributed by atoms with Crippen LogP contribution in [0.5, 0.6) is 0 Å². The van der Waals surface area contributed by atoms with Gasteiger partial charge in [0, 0.05) is 15.5 Å². The molecule has 1 aliphatic carbocycles. The third kappa shape index (κ3) is 2.77. The molecule has 0 amide bonds. The van der Waals surface area contributed by atoms with Crippen LogP contribution in [0.4, 0.5) is 0 Å². The molecule has 122 valence electrons. The Balaban J connectivity index is 1.78. The highest BCUT2D eigenvalue weighted by molar-refractivity contribution is 7.18. The van der Waals surface area contributed by atoms with Gasteiger partial charge in [-0.3, -0.25) is 4.79 Å². The molecule has 4 rings (SSSR count). The molecule has 4 nitrogen and oxygen atoms in total. The molecule has 1 aromatic carbocycles. The number of aryl methyl sites for hydroxylation is 2. The van der Waals surface area contributed by atoms with Crippen LogP contribution in [-0.2, 0) is 12.8 Å². The van der Waals surface area contributed by atoms with E-state index in [4.69, 9.17) is 23.2 Å². The maximum absolute atomic E-state index is 12.8. The fourth-order valence-electron chi connectivity index (χ4n) is 2.95. The summed E-state index contributed by atoms with van der Waals surface area (Å²) in [5.74, 6) is 0. The van der Waals surface area contributed by atoms with Crippen molar-refractivity contribution in [2.45, 2.75) is 25.7 Å². The molecular formula is C17H13Cl2N3OS.